The highest BCUT2D eigenvalue weighted by molar-refractivity contribution is 5.99. The van der Waals surface area contributed by atoms with Crippen molar-refractivity contribution in [3.8, 4) is 6.07 Å². The normalized spacial score (nSPS) is 12.1. The number of carbonyl (C=O) groups is 2. The second-order valence-electron chi connectivity index (χ2n) is 4.36. The smallest absolute Gasteiger partial charge is 0.325 e. The molecule has 0 aliphatic rings. The zero-order valence-corrected chi connectivity index (χ0v) is 11.9. The first-order valence-corrected chi connectivity index (χ1v) is 6.48. The fraction of sp³-hybridized carbons (Fsp3) is 0.267. The van der Waals surface area contributed by atoms with Gasteiger partial charge in [-0.05, 0) is 25.0 Å². The number of carbonyl (C=O) groups excluding carboxylic acids is 1. The summed E-state index contributed by atoms with van der Waals surface area (Å²) in [7, 11) is 0. The third-order valence-corrected chi connectivity index (χ3v) is 2.85. The average molecular weight is 287 g/mol. The first-order valence-electron chi connectivity index (χ1n) is 6.48. The van der Waals surface area contributed by atoms with Crippen LogP contribution in [0.15, 0.2) is 36.0 Å². The van der Waals surface area contributed by atoms with Crippen molar-refractivity contribution in [1.29, 1.82) is 5.26 Å². The van der Waals surface area contributed by atoms with Crippen molar-refractivity contribution in [3.05, 3.63) is 41.6 Å². The molecule has 3 N–H and O–H groups in total. The van der Waals surface area contributed by atoms with E-state index in [0.29, 0.717) is 0 Å². The number of carboxylic acids is 1. The van der Waals surface area contributed by atoms with Gasteiger partial charge in [-0.2, -0.15) is 5.26 Å². The molecule has 1 aromatic rings. The van der Waals surface area contributed by atoms with E-state index in [1.807, 2.05) is 31.2 Å². The zero-order chi connectivity index (χ0) is 15.8. The highest BCUT2D eigenvalue weighted by Crippen LogP contribution is 2.15. The van der Waals surface area contributed by atoms with Crippen LogP contribution in [0.1, 0.15) is 19.4 Å². The van der Waals surface area contributed by atoms with Crippen LogP contribution in [0.25, 0.3) is 0 Å². The summed E-state index contributed by atoms with van der Waals surface area (Å²) in [6, 6.07) is 8.21. The lowest BCUT2D eigenvalue weighted by molar-refractivity contribution is -0.140. The molecule has 0 radical (unpaired) electrons. The molecular weight excluding hydrogens is 270 g/mol. The van der Waals surface area contributed by atoms with E-state index in [2.05, 4.69) is 10.6 Å². The van der Waals surface area contributed by atoms with Crippen LogP contribution < -0.4 is 10.6 Å². The van der Waals surface area contributed by atoms with Crippen LogP contribution in [0.2, 0.25) is 0 Å². The number of aryl methyl sites for hydroxylation is 1. The van der Waals surface area contributed by atoms with Gasteiger partial charge in [-0.3, -0.25) is 9.59 Å². The van der Waals surface area contributed by atoms with Gasteiger partial charge in [0.1, 0.15) is 17.7 Å². The Morgan fingerprint density at radius 3 is 2.67 bits per heavy atom. The molecule has 0 heterocycles. The number of para-hydroxylation sites is 1. The van der Waals surface area contributed by atoms with Crippen molar-refractivity contribution in [2.45, 2.75) is 26.3 Å². The van der Waals surface area contributed by atoms with Crippen LogP contribution in [-0.2, 0) is 16.0 Å². The van der Waals surface area contributed by atoms with E-state index in [4.69, 9.17) is 10.4 Å². The van der Waals surface area contributed by atoms with Gasteiger partial charge in [-0.1, -0.05) is 25.1 Å². The molecule has 6 nitrogen and oxygen atoms in total. The van der Waals surface area contributed by atoms with E-state index < -0.39 is 17.9 Å². The molecule has 0 saturated heterocycles. The Labute approximate surface area is 123 Å². The molecule has 1 aromatic carbocycles. The average Bonchev–Trinajstić information content (AvgIpc) is 2.48. The largest absolute Gasteiger partial charge is 0.480 e. The van der Waals surface area contributed by atoms with Crippen LogP contribution in [-0.4, -0.2) is 23.0 Å². The van der Waals surface area contributed by atoms with Crippen molar-refractivity contribution in [2.24, 2.45) is 0 Å². The summed E-state index contributed by atoms with van der Waals surface area (Å²) in [5.41, 5.74) is 1.66. The number of rotatable bonds is 6. The van der Waals surface area contributed by atoms with Crippen LogP contribution in [0, 0.1) is 11.3 Å². The van der Waals surface area contributed by atoms with E-state index in [9.17, 15) is 9.59 Å². The number of aliphatic carboxylic acids is 1. The lowest BCUT2D eigenvalue weighted by atomic mass is 10.1. The summed E-state index contributed by atoms with van der Waals surface area (Å²) in [5, 5.41) is 22.8. The number of hydrogen-bond acceptors (Lipinski definition) is 4. The number of anilines is 1. The Bertz CT molecular complexity index is 602. The van der Waals surface area contributed by atoms with Gasteiger partial charge in [0.15, 0.2) is 0 Å². The van der Waals surface area contributed by atoms with E-state index in [-0.39, 0.29) is 5.57 Å². The van der Waals surface area contributed by atoms with E-state index in [1.54, 1.807) is 6.07 Å². The Morgan fingerprint density at radius 1 is 1.43 bits per heavy atom. The first-order chi connectivity index (χ1) is 9.99. The molecule has 1 rings (SSSR count). The summed E-state index contributed by atoms with van der Waals surface area (Å²) >= 11 is 0. The first kappa shape index (κ1) is 16.2. The van der Waals surface area contributed by atoms with Crippen LogP contribution in [0.3, 0.4) is 0 Å². The van der Waals surface area contributed by atoms with E-state index >= 15 is 0 Å². The highest BCUT2D eigenvalue weighted by Gasteiger charge is 2.17. The topological polar surface area (TPSA) is 102 Å². The summed E-state index contributed by atoms with van der Waals surface area (Å²) in [6.45, 7) is 3.33. The molecule has 0 bridgehead atoms. The standard InChI is InChI=1S/C15H17N3O3/c1-3-11-6-4-5-7-13(11)17-9-12(8-16)14(19)18-10(2)15(20)21/h4-7,9-10,17H,3H2,1-2H3,(H,18,19)(H,20,21)/b12-9-. The SMILES string of the molecule is CCc1ccccc1N/C=C(/C#N)C(=O)NC(C)C(=O)O. The van der Waals surface area contributed by atoms with Gasteiger partial charge < -0.3 is 15.7 Å². The van der Waals surface area contributed by atoms with E-state index in [1.165, 1.54) is 13.1 Å². The number of nitrogens with zero attached hydrogens (tertiary/aromatic N) is 1. The zero-order valence-electron chi connectivity index (χ0n) is 11.9. The van der Waals surface area contributed by atoms with Crippen molar-refractivity contribution in [2.75, 3.05) is 5.32 Å². The summed E-state index contributed by atoms with van der Waals surface area (Å²) in [6.07, 6.45) is 2.08. The molecule has 1 amide bonds. The van der Waals surface area contributed by atoms with Crippen molar-refractivity contribution >= 4 is 17.6 Å². The Kier molecular flexibility index (Phi) is 5.96. The van der Waals surface area contributed by atoms with E-state index in [0.717, 1.165) is 17.7 Å². The van der Waals surface area contributed by atoms with Crippen molar-refractivity contribution in [3.63, 3.8) is 0 Å². The Hall–Kier alpha value is -2.81. The molecule has 0 aliphatic carbocycles. The lowest BCUT2D eigenvalue weighted by Gasteiger charge is -2.10. The van der Waals surface area contributed by atoms with Gasteiger partial charge in [0.2, 0.25) is 0 Å². The molecule has 6 heteroatoms. The number of carboxylic acid groups (broad SMARTS) is 1. The minimum Gasteiger partial charge on any atom is -0.480 e. The molecular formula is C15H17N3O3. The minimum absolute atomic E-state index is 0.186. The number of nitriles is 1. The predicted molar refractivity (Wildman–Crippen MR) is 78.4 cm³/mol. The third-order valence-electron chi connectivity index (χ3n) is 2.85. The molecule has 0 fully saturated rings. The van der Waals surface area contributed by atoms with Gasteiger partial charge >= 0.3 is 5.97 Å². The van der Waals surface area contributed by atoms with Crippen molar-refractivity contribution < 1.29 is 14.7 Å². The number of hydrogen-bond donors (Lipinski definition) is 3. The predicted octanol–water partition coefficient (Wildman–Crippen LogP) is 1.66. The minimum atomic E-state index is -1.16. The number of amides is 1. The van der Waals surface area contributed by atoms with Crippen LogP contribution in [0.4, 0.5) is 5.69 Å². The molecule has 0 aliphatic heterocycles. The molecule has 21 heavy (non-hydrogen) atoms. The van der Waals surface area contributed by atoms with Crippen LogP contribution >= 0.6 is 0 Å². The fourth-order valence-corrected chi connectivity index (χ4v) is 1.60. The maximum Gasteiger partial charge on any atom is 0.325 e. The Morgan fingerprint density at radius 2 is 2.10 bits per heavy atom. The molecule has 0 aromatic heterocycles. The van der Waals surface area contributed by atoms with Crippen molar-refractivity contribution in [1.82, 2.24) is 5.32 Å². The molecule has 110 valence electrons. The highest BCUT2D eigenvalue weighted by atomic mass is 16.4. The van der Waals surface area contributed by atoms with Gasteiger partial charge in [-0.15, -0.1) is 0 Å². The number of nitrogens with one attached hydrogen (secondary N) is 2. The molecule has 1 atom stereocenters. The number of benzene rings is 1. The fourth-order valence-electron chi connectivity index (χ4n) is 1.60. The second-order valence-corrected chi connectivity index (χ2v) is 4.36. The lowest BCUT2D eigenvalue weighted by Crippen LogP contribution is -2.39. The monoisotopic (exact) mass is 287 g/mol. The summed E-state index contributed by atoms with van der Waals surface area (Å²) < 4.78 is 0. The van der Waals surface area contributed by atoms with Gasteiger partial charge in [0.25, 0.3) is 5.91 Å². The Balaban J connectivity index is 2.83. The second kappa shape index (κ2) is 7.70. The molecule has 1 unspecified atom stereocenters. The van der Waals surface area contributed by atoms with Gasteiger partial charge in [0.05, 0.1) is 0 Å². The molecule has 0 spiro atoms. The van der Waals surface area contributed by atoms with Gasteiger partial charge in [0, 0.05) is 11.9 Å². The van der Waals surface area contributed by atoms with Gasteiger partial charge in [-0.25, -0.2) is 0 Å². The molecule has 0 saturated carbocycles. The summed E-state index contributed by atoms with van der Waals surface area (Å²) in [4.78, 5) is 22.4. The maximum absolute atomic E-state index is 11.8. The van der Waals surface area contributed by atoms with Crippen LogP contribution in [0.5, 0.6) is 0 Å². The summed E-state index contributed by atoms with van der Waals surface area (Å²) in [5.74, 6) is -1.89. The maximum atomic E-state index is 11.8. The third kappa shape index (κ3) is 4.66. The quantitative estimate of drug-likeness (QED) is 0.545.